The van der Waals surface area contributed by atoms with Gasteiger partial charge < -0.3 is 15.8 Å². The molecule has 0 saturated carbocycles. The molecule has 0 aromatic heterocycles. The minimum atomic E-state index is -0.599. The number of nitrogens with one attached hydrogen (secondary N) is 1. The van der Waals surface area contributed by atoms with E-state index < -0.39 is 6.10 Å². The van der Waals surface area contributed by atoms with E-state index in [-0.39, 0.29) is 5.91 Å². The molecule has 0 fully saturated rings. The van der Waals surface area contributed by atoms with Crippen LogP contribution < -0.4 is 15.8 Å². The molecule has 0 bridgehead atoms. The standard InChI is InChI=1S/C17H20N2O2/c1-12-8-9-16(14(10-12)11-18)21-13(2)17(20)19-15-6-4-3-5-7-15/h3-10,13H,11,18H2,1-2H3,(H,19,20). The Kier molecular flexibility index (Phi) is 4.95. The Hall–Kier alpha value is -2.33. The number of hydrogen-bond acceptors (Lipinski definition) is 3. The Morgan fingerprint density at radius 3 is 2.62 bits per heavy atom. The topological polar surface area (TPSA) is 64.3 Å². The van der Waals surface area contributed by atoms with Crippen molar-refractivity contribution in [3.8, 4) is 5.75 Å². The lowest BCUT2D eigenvalue weighted by Crippen LogP contribution is -2.30. The third-order valence-electron chi connectivity index (χ3n) is 3.15. The molecule has 3 N–H and O–H groups in total. The van der Waals surface area contributed by atoms with E-state index >= 15 is 0 Å². The summed E-state index contributed by atoms with van der Waals surface area (Å²) in [5, 5.41) is 2.82. The van der Waals surface area contributed by atoms with E-state index in [9.17, 15) is 4.79 Å². The molecule has 0 aliphatic carbocycles. The Balaban J connectivity index is 2.04. The van der Waals surface area contributed by atoms with Crippen LogP contribution in [0.1, 0.15) is 18.1 Å². The fraction of sp³-hybridized carbons (Fsp3) is 0.235. The summed E-state index contributed by atoms with van der Waals surface area (Å²) >= 11 is 0. The SMILES string of the molecule is Cc1ccc(OC(C)C(=O)Nc2ccccc2)c(CN)c1. The van der Waals surface area contributed by atoms with Crippen molar-refractivity contribution >= 4 is 11.6 Å². The highest BCUT2D eigenvalue weighted by Crippen LogP contribution is 2.21. The molecular weight excluding hydrogens is 264 g/mol. The molecule has 1 atom stereocenters. The van der Waals surface area contributed by atoms with Crippen molar-refractivity contribution in [2.45, 2.75) is 26.5 Å². The van der Waals surface area contributed by atoms with E-state index in [0.717, 1.165) is 16.8 Å². The quantitative estimate of drug-likeness (QED) is 0.887. The molecule has 0 aliphatic rings. The number of carbonyl (C=O) groups excluding carboxylic acids is 1. The predicted molar refractivity (Wildman–Crippen MR) is 84.2 cm³/mol. The molecule has 4 heteroatoms. The lowest BCUT2D eigenvalue weighted by molar-refractivity contribution is -0.122. The Labute approximate surface area is 124 Å². The maximum Gasteiger partial charge on any atom is 0.265 e. The van der Waals surface area contributed by atoms with Gasteiger partial charge in [-0.25, -0.2) is 0 Å². The number of para-hydroxylation sites is 1. The first kappa shape index (κ1) is 15.1. The molecule has 0 heterocycles. The molecular formula is C17H20N2O2. The van der Waals surface area contributed by atoms with Crippen LogP contribution in [0.5, 0.6) is 5.75 Å². The molecule has 4 nitrogen and oxygen atoms in total. The summed E-state index contributed by atoms with van der Waals surface area (Å²) in [6.07, 6.45) is -0.599. The van der Waals surface area contributed by atoms with Gasteiger partial charge in [-0.3, -0.25) is 4.79 Å². The Morgan fingerprint density at radius 2 is 1.95 bits per heavy atom. The zero-order valence-electron chi connectivity index (χ0n) is 12.3. The summed E-state index contributed by atoms with van der Waals surface area (Å²) in [6.45, 7) is 4.09. The van der Waals surface area contributed by atoms with Crippen LogP contribution in [-0.4, -0.2) is 12.0 Å². The monoisotopic (exact) mass is 284 g/mol. The molecule has 1 unspecified atom stereocenters. The fourth-order valence-electron chi connectivity index (χ4n) is 1.99. The summed E-state index contributed by atoms with van der Waals surface area (Å²) < 4.78 is 5.73. The van der Waals surface area contributed by atoms with E-state index in [1.54, 1.807) is 6.92 Å². The minimum absolute atomic E-state index is 0.190. The molecule has 2 aromatic rings. The second-order valence-electron chi connectivity index (χ2n) is 4.93. The summed E-state index contributed by atoms with van der Waals surface area (Å²) in [6, 6.07) is 15.1. The van der Waals surface area contributed by atoms with Crippen molar-refractivity contribution in [2.75, 3.05) is 5.32 Å². The number of ether oxygens (including phenoxy) is 1. The van der Waals surface area contributed by atoms with E-state index in [4.69, 9.17) is 10.5 Å². The van der Waals surface area contributed by atoms with Crippen LogP contribution in [0.2, 0.25) is 0 Å². The molecule has 0 aliphatic heterocycles. The van der Waals surface area contributed by atoms with Crippen molar-refractivity contribution in [3.63, 3.8) is 0 Å². The third-order valence-corrected chi connectivity index (χ3v) is 3.15. The van der Waals surface area contributed by atoms with Crippen LogP contribution in [-0.2, 0) is 11.3 Å². The zero-order valence-corrected chi connectivity index (χ0v) is 12.3. The highest BCUT2D eigenvalue weighted by molar-refractivity contribution is 5.94. The van der Waals surface area contributed by atoms with Gasteiger partial charge in [0.25, 0.3) is 5.91 Å². The maximum atomic E-state index is 12.1. The van der Waals surface area contributed by atoms with Crippen LogP contribution >= 0.6 is 0 Å². The van der Waals surface area contributed by atoms with Crippen molar-refractivity contribution in [2.24, 2.45) is 5.73 Å². The Bertz CT molecular complexity index is 611. The van der Waals surface area contributed by atoms with Crippen LogP contribution in [0.3, 0.4) is 0 Å². The lowest BCUT2D eigenvalue weighted by Gasteiger charge is -2.17. The van der Waals surface area contributed by atoms with Crippen LogP contribution in [0, 0.1) is 6.92 Å². The summed E-state index contributed by atoms with van der Waals surface area (Å²) in [5.41, 5.74) is 8.48. The normalized spacial score (nSPS) is 11.8. The van der Waals surface area contributed by atoms with Gasteiger partial charge in [0.1, 0.15) is 5.75 Å². The molecule has 21 heavy (non-hydrogen) atoms. The molecule has 110 valence electrons. The van der Waals surface area contributed by atoms with Crippen molar-refractivity contribution in [1.29, 1.82) is 0 Å². The van der Waals surface area contributed by atoms with Gasteiger partial charge in [0.15, 0.2) is 6.10 Å². The number of hydrogen-bond donors (Lipinski definition) is 2. The third kappa shape index (κ3) is 4.07. The highest BCUT2D eigenvalue weighted by atomic mass is 16.5. The average molecular weight is 284 g/mol. The van der Waals surface area contributed by atoms with Crippen molar-refractivity contribution in [1.82, 2.24) is 0 Å². The zero-order chi connectivity index (χ0) is 15.2. The fourth-order valence-corrected chi connectivity index (χ4v) is 1.99. The molecule has 2 aromatic carbocycles. The first-order valence-corrected chi connectivity index (χ1v) is 6.92. The van der Waals surface area contributed by atoms with Gasteiger partial charge in [-0.2, -0.15) is 0 Å². The second-order valence-corrected chi connectivity index (χ2v) is 4.93. The lowest BCUT2D eigenvalue weighted by atomic mass is 10.1. The largest absolute Gasteiger partial charge is 0.481 e. The van der Waals surface area contributed by atoms with E-state index in [1.807, 2.05) is 55.5 Å². The predicted octanol–water partition coefficient (Wildman–Crippen LogP) is 2.86. The molecule has 0 saturated heterocycles. The van der Waals surface area contributed by atoms with Crippen molar-refractivity contribution in [3.05, 3.63) is 59.7 Å². The number of rotatable bonds is 5. The molecule has 0 radical (unpaired) electrons. The van der Waals surface area contributed by atoms with Gasteiger partial charge in [0.05, 0.1) is 0 Å². The van der Waals surface area contributed by atoms with E-state index in [0.29, 0.717) is 12.3 Å². The number of amides is 1. The van der Waals surface area contributed by atoms with Gasteiger partial charge in [0.2, 0.25) is 0 Å². The molecule has 2 rings (SSSR count). The van der Waals surface area contributed by atoms with E-state index in [2.05, 4.69) is 5.32 Å². The highest BCUT2D eigenvalue weighted by Gasteiger charge is 2.16. The smallest absolute Gasteiger partial charge is 0.265 e. The van der Waals surface area contributed by atoms with Gasteiger partial charge in [-0.1, -0.05) is 35.9 Å². The molecule has 1 amide bonds. The van der Waals surface area contributed by atoms with Crippen LogP contribution in [0.15, 0.2) is 48.5 Å². The maximum absolute atomic E-state index is 12.1. The number of aryl methyl sites for hydroxylation is 1. The molecule has 0 spiro atoms. The van der Waals surface area contributed by atoms with Gasteiger partial charge in [-0.05, 0) is 32.0 Å². The van der Waals surface area contributed by atoms with Crippen LogP contribution in [0.4, 0.5) is 5.69 Å². The summed E-state index contributed by atoms with van der Waals surface area (Å²) in [5.74, 6) is 0.462. The summed E-state index contributed by atoms with van der Waals surface area (Å²) in [7, 11) is 0. The number of benzene rings is 2. The van der Waals surface area contributed by atoms with Crippen LogP contribution in [0.25, 0.3) is 0 Å². The van der Waals surface area contributed by atoms with E-state index in [1.165, 1.54) is 0 Å². The average Bonchev–Trinajstić information content (AvgIpc) is 2.49. The summed E-state index contributed by atoms with van der Waals surface area (Å²) in [4.78, 5) is 12.1. The van der Waals surface area contributed by atoms with Crippen molar-refractivity contribution < 1.29 is 9.53 Å². The first-order valence-electron chi connectivity index (χ1n) is 6.92. The minimum Gasteiger partial charge on any atom is -0.481 e. The number of anilines is 1. The second kappa shape index (κ2) is 6.90. The van der Waals surface area contributed by atoms with Gasteiger partial charge in [0, 0.05) is 17.8 Å². The number of nitrogens with two attached hydrogens (primary N) is 1. The van der Waals surface area contributed by atoms with Gasteiger partial charge in [-0.15, -0.1) is 0 Å². The van der Waals surface area contributed by atoms with Gasteiger partial charge >= 0.3 is 0 Å². The Morgan fingerprint density at radius 1 is 1.24 bits per heavy atom. The first-order chi connectivity index (χ1) is 10.1. The number of carbonyl (C=O) groups is 1.